The van der Waals surface area contributed by atoms with E-state index in [0.29, 0.717) is 9.61 Å². The zero-order chi connectivity index (χ0) is 8.97. The van der Waals surface area contributed by atoms with E-state index in [0.717, 1.165) is 0 Å². The van der Waals surface area contributed by atoms with Crippen LogP contribution < -0.4 is 5.43 Å². The van der Waals surface area contributed by atoms with Crippen LogP contribution in [0.25, 0.3) is 0 Å². The van der Waals surface area contributed by atoms with E-state index in [9.17, 15) is 4.79 Å². The van der Waals surface area contributed by atoms with Crippen LogP contribution in [0, 0.1) is 0 Å². The smallest absolute Gasteiger partial charge is 0.267 e. The normalized spacial score (nSPS) is 9.92. The molecule has 1 aromatic rings. The first-order valence-corrected chi connectivity index (χ1v) is 3.85. The van der Waals surface area contributed by atoms with Crippen molar-refractivity contribution in [3.63, 3.8) is 0 Å². The lowest BCUT2D eigenvalue weighted by Crippen LogP contribution is -2.29. The molecule has 3 nitrogen and oxygen atoms in total. The Labute approximate surface area is 80.1 Å². The summed E-state index contributed by atoms with van der Waals surface area (Å²) >= 11 is 10.4. The molecule has 12 heavy (non-hydrogen) atoms. The van der Waals surface area contributed by atoms with Gasteiger partial charge < -0.3 is 0 Å². The highest BCUT2D eigenvalue weighted by atomic mass is 35.5. The van der Waals surface area contributed by atoms with Crippen molar-refractivity contribution in [3.05, 3.63) is 35.9 Å². The van der Waals surface area contributed by atoms with E-state index in [4.69, 9.17) is 23.6 Å². The molecule has 64 valence electrons. The van der Waals surface area contributed by atoms with Gasteiger partial charge in [0, 0.05) is 29.1 Å². The predicted molar refractivity (Wildman–Crippen MR) is 47.5 cm³/mol. The maximum atomic E-state index is 11.1. The number of nitrogens with one attached hydrogen (secondary N) is 1. The molecule has 0 aliphatic heterocycles. The second kappa shape index (κ2) is 4.30. The molecule has 0 unspecified atom stereocenters. The van der Waals surface area contributed by atoms with E-state index in [1.807, 2.05) is 6.07 Å². The zero-order valence-corrected chi connectivity index (χ0v) is 7.51. The zero-order valence-electron chi connectivity index (χ0n) is 6.00. The molecule has 1 N–H and O–H groups in total. The molecule has 0 bridgehead atoms. The van der Waals surface area contributed by atoms with Crippen molar-refractivity contribution < 1.29 is 4.79 Å². The summed E-state index contributed by atoms with van der Waals surface area (Å²) in [6.45, 7) is 0. The van der Waals surface area contributed by atoms with Crippen molar-refractivity contribution in [2.75, 3.05) is 0 Å². The SMILES string of the molecule is O=C(NN(Cl)Cl)c1ccccc1. The summed E-state index contributed by atoms with van der Waals surface area (Å²) in [5.74, 6) is -0.347. The molecule has 0 saturated heterocycles. The number of benzene rings is 1. The summed E-state index contributed by atoms with van der Waals surface area (Å²) in [5, 5.41) is 0. The second-order valence-corrected chi connectivity index (χ2v) is 2.89. The average Bonchev–Trinajstić information content (AvgIpc) is 2.05. The van der Waals surface area contributed by atoms with Crippen LogP contribution in [0.3, 0.4) is 0 Å². The van der Waals surface area contributed by atoms with E-state index < -0.39 is 0 Å². The van der Waals surface area contributed by atoms with Crippen LogP contribution in [0.4, 0.5) is 0 Å². The molecule has 0 radical (unpaired) electrons. The highest BCUT2D eigenvalue weighted by Crippen LogP contribution is 2.00. The van der Waals surface area contributed by atoms with Gasteiger partial charge in [0.05, 0.1) is 0 Å². The minimum absolute atomic E-state index is 0.347. The molecule has 0 atom stereocenters. The van der Waals surface area contributed by atoms with Gasteiger partial charge in [-0.05, 0) is 16.2 Å². The largest absolute Gasteiger partial charge is 0.268 e. The molecule has 1 aromatic carbocycles. The van der Waals surface area contributed by atoms with Gasteiger partial charge in [0.25, 0.3) is 5.91 Å². The fourth-order valence-corrected chi connectivity index (χ4v) is 0.884. The van der Waals surface area contributed by atoms with E-state index >= 15 is 0 Å². The molecular weight excluding hydrogens is 199 g/mol. The quantitative estimate of drug-likeness (QED) is 0.591. The van der Waals surface area contributed by atoms with E-state index in [2.05, 4.69) is 5.43 Å². The fraction of sp³-hybridized carbons (Fsp3) is 0. The minimum Gasteiger partial charge on any atom is -0.268 e. The van der Waals surface area contributed by atoms with Crippen LogP contribution >= 0.6 is 23.6 Å². The monoisotopic (exact) mass is 204 g/mol. The first-order chi connectivity index (χ1) is 5.70. The maximum absolute atomic E-state index is 11.1. The van der Waals surface area contributed by atoms with Crippen molar-refractivity contribution >= 4 is 29.5 Å². The van der Waals surface area contributed by atoms with E-state index in [-0.39, 0.29) is 5.91 Å². The number of carbonyl (C=O) groups is 1. The standard InChI is InChI=1S/C7H6Cl2N2O/c8-11(9)10-7(12)6-4-2-1-3-5-6/h1-5H,(H,10,12). The number of amides is 1. The molecule has 5 heteroatoms. The number of rotatable bonds is 2. The molecule has 0 heterocycles. The third-order valence-corrected chi connectivity index (χ3v) is 1.39. The minimum atomic E-state index is -0.347. The number of nitrogens with zero attached hydrogens (tertiary/aromatic N) is 1. The highest BCUT2D eigenvalue weighted by molar-refractivity contribution is 6.34. The molecular formula is C7H6Cl2N2O. The summed E-state index contributed by atoms with van der Waals surface area (Å²) < 4.78 is 0.565. The van der Waals surface area contributed by atoms with Crippen LogP contribution in [0.5, 0.6) is 0 Å². The Morgan fingerprint density at radius 2 is 1.83 bits per heavy atom. The molecule has 0 saturated carbocycles. The van der Waals surface area contributed by atoms with Crippen LogP contribution in [0.2, 0.25) is 0 Å². The highest BCUT2D eigenvalue weighted by Gasteiger charge is 2.05. The number of hydrogen-bond acceptors (Lipinski definition) is 2. The molecule has 0 aromatic heterocycles. The average molecular weight is 205 g/mol. The van der Waals surface area contributed by atoms with Gasteiger partial charge in [-0.15, -0.1) is 0 Å². The van der Waals surface area contributed by atoms with Gasteiger partial charge in [0.1, 0.15) is 0 Å². The Balaban J connectivity index is 2.66. The lowest BCUT2D eigenvalue weighted by Gasteiger charge is -2.05. The van der Waals surface area contributed by atoms with Crippen molar-refractivity contribution in [2.24, 2.45) is 0 Å². The van der Waals surface area contributed by atoms with Crippen molar-refractivity contribution in [3.8, 4) is 0 Å². The van der Waals surface area contributed by atoms with Crippen molar-refractivity contribution in [2.45, 2.75) is 0 Å². The lowest BCUT2D eigenvalue weighted by atomic mass is 10.2. The van der Waals surface area contributed by atoms with Crippen LogP contribution in [-0.4, -0.2) is 9.95 Å². The van der Waals surface area contributed by atoms with Crippen LogP contribution in [0.15, 0.2) is 30.3 Å². The molecule has 0 aliphatic rings. The van der Waals surface area contributed by atoms with Gasteiger partial charge in [-0.1, -0.05) is 18.2 Å². The third kappa shape index (κ3) is 2.70. The maximum Gasteiger partial charge on any atom is 0.267 e. The molecule has 0 fully saturated rings. The van der Waals surface area contributed by atoms with Gasteiger partial charge in [0.15, 0.2) is 0 Å². The second-order valence-electron chi connectivity index (χ2n) is 2.04. The first-order valence-electron chi connectivity index (χ1n) is 3.18. The first kappa shape index (κ1) is 9.32. The lowest BCUT2D eigenvalue weighted by molar-refractivity contribution is 0.0918. The third-order valence-electron chi connectivity index (χ3n) is 1.22. The number of hydrazine groups is 1. The van der Waals surface area contributed by atoms with Crippen molar-refractivity contribution in [1.29, 1.82) is 0 Å². The Morgan fingerprint density at radius 1 is 1.25 bits per heavy atom. The Bertz CT molecular complexity index is 263. The topological polar surface area (TPSA) is 32.3 Å². The summed E-state index contributed by atoms with van der Waals surface area (Å²) in [6.07, 6.45) is 0. The molecule has 1 amide bonds. The summed E-state index contributed by atoms with van der Waals surface area (Å²) in [6, 6.07) is 8.64. The Morgan fingerprint density at radius 3 is 2.33 bits per heavy atom. The van der Waals surface area contributed by atoms with Gasteiger partial charge in [-0.3, -0.25) is 10.2 Å². The summed E-state index contributed by atoms with van der Waals surface area (Å²) in [4.78, 5) is 11.1. The Kier molecular flexibility index (Phi) is 3.34. The number of carbonyl (C=O) groups excluding carboxylic acids is 1. The molecule has 0 aliphatic carbocycles. The Hall–Kier alpha value is -0.770. The fourth-order valence-electron chi connectivity index (χ4n) is 0.731. The van der Waals surface area contributed by atoms with E-state index in [1.54, 1.807) is 24.3 Å². The van der Waals surface area contributed by atoms with Gasteiger partial charge in [-0.2, -0.15) is 0 Å². The van der Waals surface area contributed by atoms with Crippen LogP contribution in [-0.2, 0) is 0 Å². The van der Waals surface area contributed by atoms with Gasteiger partial charge in [0.2, 0.25) is 0 Å². The van der Waals surface area contributed by atoms with E-state index in [1.165, 1.54) is 0 Å². The van der Waals surface area contributed by atoms with Crippen molar-refractivity contribution in [1.82, 2.24) is 9.47 Å². The van der Waals surface area contributed by atoms with Gasteiger partial charge in [-0.25, -0.2) is 0 Å². The molecule has 0 spiro atoms. The van der Waals surface area contributed by atoms with Crippen LogP contribution in [0.1, 0.15) is 10.4 Å². The summed E-state index contributed by atoms with van der Waals surface area (Å²) in [7, 11) is 0. The van der Waals surface area contributed by atoms with Gasteiger partial charge >= 0.3 is 0 Å². The summed E-state index contributed by atoms with van der Waals surface area (Å²) in [5.41, 5.74) is 2.69. The predicted octanol–water partition coefficient (Wildman–Crippen LogP) is 1.94. The number of hydrogen-bond donors (Lipinski definition) is 1. The molecule has 1 rings (SSSR count). The number of halogens is 2.